The van der Waals surface area contributed by atoms with Crippen molar-refractivity contribution in [3.8, 4) is 0 Å². The highest BCUT2D eigenvalue weighted by atomic mass is 32.2. The number of rotatable bonds is 5. The molecule has 3 rings (SSSR count). The lowest BCUT2D eigenvalue weighted by Gasteiger charge is -2.12. The van der Waals surface area contributed by atoms with Crippen molar-refractivity contribution in [1.29, 1.82) is 0 Å². The first kappa shape index (κ1) is 15.8. The summed E-state index contributed by atoms with van der Waals surface area (Å²) >= 11 is 3.21. The molecule has 6 heteroatoms. The second-order valence-electron chi connectivity index (χ2n) is 5.51. The quantitative estimate of drug-likeness (QED) is 0.476. The summed E-state index contributed by atoms with van der Waals surface area (Å²) in [6, 6.07) is 0. The smallest absolute Gasteiger partial charge is 0.263 e. The molecule has 1 aliphatic rings. The van der Waals surface area contributed by atoms with Crippen LogP contribution in [0.15, 0.2) is 22.6 Å². The summed E-state index contributed by atoms with van der Waals surface area (Å²) in [6.45, 7) is 9.14. The molecular weight excluding hydrogens is 316 g/mol. The van der Waals surface area contributed by atoms with Gasteiger partial charge in [0.1, 0.15) is 4.83 Å². The molecule has 2 aromatic rings. The van der Waals surface area contributed by atoms with Gasteiger partial charge in [0, 0.05) is 23.8 Å². The molecule has 0 aliphatic carbocycles. The summed E-state index contributed by atoms with van der Waals surface area (Å²) in [4.78, 5) is 19.5. The number of allylic oxidation sites excluding steroid dienone is 1. The Balaban J connectivity index is 2.01. The molecular formula is C16H20N2O2S2. The van der Waals surface area contributed by atoms with Crippen molar-refractivity contribution in [2.24, 2.45) is 0 Å². The number of hydrogen-bond donors (Lipinski definition) is 0. The summed E-state index contributed by atoms with van der Waals surface area (Å²) in [5.41, 5.74) is 1.09. The second kappa shape index (κ2) is 6.56. The van der Waals surface area contributed by atoms with Gasteiger partial charge in [0.15, 0.2) is 5.16 Å². The number of ether oxygens (including phenoxy) is 1. The van der Waals surface area contributed by atoms with E-state index in [-0.39, 0.29) is 11.7 Å². The monoisotopic (exact) mass is 336 g/mol. The molecule has 0 bridgehead atoms. The molecule has 1 unspecified atom stereocenters. The van der Waals surface area contributed by atoms with Crippen LogP contribution in [0.2, 0.25) is 0 Å². The van der Waals surface area contributed by atoms with Crippen LogP contribution in [0.5, 0.6) is 0 Å². The van der Waals surface area contributed by atoms with Crippen LogP contribution < -0.4 is 5.56 Å². The van der Waals surface area contributed by atoms with E-state index < -0.39 is 0 Å². The van der Waals surface area contributed by atoms with Crippen LogP contribution >= 0.6 is 23.1 Å². The van der Waals surface area contributed by atoms with E-state index in [0.717, 1.165) is 51.0 Å². The Morgan fingerprint density at radius 3 is 3.05 bits per heavy atom. The molecule has 0 radical (unpaired) electrons. The first-order chi connectivity index (χ1) is 10.6. The Bertz CT molecular complexity index is 758. The van der Waals surface area contributed by atoms with Crippen LogP contribution in [0.3, 0.4) is 0 Å². The number of thioether (sulfide) groups is 1. The highest BCUT2D eigenvalue weighted by molar-refractivity contribution is 7.99. The van der Waals surface area contributed by atoms with Crippen molar-refractivity contribution < 1.29 is 4.74 Å². The predicted molar refractivity (Wildman–Crippen MR) is 93.2 cm³/mol. The van der Waals surface area contributed by atoms with Crippen LogP contribution in [-0.2, 0) is 11.3 Å². The molecule has 4 nitrogen and oxygen atoms in total. The van der Waals surface area contributed by atoms with Crippen molar-refractivity contribution in [3.05, 3.63) is 33.4 Å². The summed E-state index contributed by atoms with van der Waals surface area (Å²) in [5, 5.41) is 1.53. The van der Waals surface area contributed by atoms with Crippen molar-refractivity contribution in [2.45, 2.75) is 44.5 Å². The van der Waals surface area contributed by atoms with E-state index in [1.165, 1.54) is 0 Å². The molecule has 3 heterocycles. The molecule has 0 N–H and O–H groups in total. The average Bonchev–Trinajstić information content (AvgIpc) is 3.10. The van der Waals surface area contributed by atoms with E-state index >= 15 is 0 Å². The highest BCUT2D eigenvalue weighted by Gasteiger charge is 2.19. The van der Waals surface area contributed by atoms with E-state index in [9.17, 15) is 4.79 Å². The summed E-state index contributed by atoms with van der Waals surface area (Å²) in [6.07, 6.45) is 4.25. The van der Waals surface area contributed by atoms with Crippen molar-refractivity contribution in [2.75, 3.05) is 12.4 Å². The van der Waals surface area contributed by atoms with Crippen LogP contribution in [0.1, 0.15) is 23.3 Å². The third-order valence-corrected chi connectivity index (χ3v) is 6.20. The van der Waals surface area contributed by atoms with Crippen LogP contribution in [0.25, 0.3) is 10.2 Å². The highest BCUT2D eigenvalue weighted by Crippen LogP contribution is 2.29. The van der Waals surface area contributed by atoms with Crippen molar-refractivity contribution in [1.82, 2.24) is 9.55 Å². The molecule has 118 valence electrons. The molecule has 0 amide bonds. The standard InChI is InChI=1S/C16H20N2O2S2/c1-4-7-18-15(19)13-10(2)11(3)22-14(13)17-16(18)21-9-12-6-5-8-20-12/h4,12H,1,5-9H2,2-3H3. The molecule has 22 heavy (non-hydrogen) atoms. The molecule has 1 aliphatic heterocycles. The molecule has 1 atom stereocenters. The van der Waals surface area contributed by atoms with Crippen molar-refractivity contribution >= 4 is 33.3 Å². The summed E-state index contributed by atoms with van der Waals surface area (Å²) in [7, 11) is 0. The minimum atomic E-state index is 0.0431. The number of aromatic nitrogens is 2. The predicted octanol–water partition coefficient (Wildman–Crippen LogP) is 3.53. The van der Waals surface area contributed by atoms with E-state index in [1.54, 1.807) is 33.7 Å². The number of aryl methyl sites for hydroxylation is 2. The molecule has 1 saturated heterocycles. The fourth-order valence-electron chi connectivity index (χ4n) is 2.65. The van der Waals surface area contributed by atoms with Gasteiger partial charge in [-0.3, -0.25) is 9.36 Å². The maximum absolute atomic E-state index is 12.8. The fraction of sp³-hybridized carbons (Fsp3) is 0.500. The van der Waals surface area contributed by atoms with Crippen LogP contribution in [0.4, 0.5) is 0 Å². The van der Waals surface area contributed by atoms with Gasteiger partial charge < -0.3 is 4.74 Å². The Kier molecular flexibility index (Phi) is 4.70. The lowest BCUT2D eigenvalue weighted by atomic mass is 10.2. The molecule has 0 spiro atoms. The largest absolute Gasteiger partial charge is 0.377 e. The Labute approximate surface area is 138 Å². The summed E-state index contributed by atoms with van der Waals surface area (Å²) < 4.78 is 7.39. The van der Waals surface area contributed by atoms with Crippen LogP contribution in [0, 0.1) is 13.8 Å². The van der Waals surface area contributed by atoms with E-state index in [2.05, 4.69) is 6.58 Å². The van der Waals surface area contributed by atoms with E-state index in [4.69, 9.17) is 9.72 Å². The summed E-state index contributed by atoms with van der Waals surface area (Å²) in [5.74, 6) is 0.846. The zero-order chi connectivity index (χ0) is 15.7. The van der Waals surface area contributed by atoms with Gasteiger partial charge in [-0.05, 0) is 32.3 Å². The topological polar surface area (TPSA) is 44.1 Å². The zero-order valence-electron chi connectivity index (χ0n) is 12.9. The van der Waals surface area contributed by atoms with Gasteiger partial charge in [-0.1, -0.05) is 17.8 Å². The minimum absolute atomic E-state index is 0.0431. The lowest BCUT2D eigenvalue weighted by molar-refractivity contribution is 0.129. The SMILES string of the molecule is C=CCn1c(SCC2CCCO2)nc2sc(C)c(C)c2c1=O. The first-order valence-electron chi connectivity index (χ1n) is 7.47. The molecule has 1 fully saturated rings. The molecule has 0 aromatic carbocycles. The Morgan fingerprint density at radius 2 is 2.36 bits per heavy atom. The van der Waals surface area contributed by atoms with Gasteiger partial charge >= 0.3 is 0 Å². The van der Waals surface area contributed by atoms with Gasteiger partial charge in [0.2, 0.25) is 0 Å². The van der Waals surface area contributed by atoms with E-state index in [1.807, 2.05) is 13.8 Å². The maximum atomic E-state index is 12.8. The van der Waals surface area contributed by atoms with Gasteiger partial charge in [-0.15, -0.1) is 17.9 Å². The Morgan fingerprint density at radius 1 is 1.55 bits per heavy atom. The second-order valence-corrected chi connectivity index (χ2v) is 7.70. The number of hydrogen-bond acceptors (Lipinski definition) is 5. The first-order valence-corrected chi connectivity index (χ1v) is 9.28. The molecule has 2 aromatic heterocycles. The number of thiophene rings is 1. The number of fused-ring (bicyclic) bond motifs is 1. The number of nitrogens with zero attached hydrogens (tertiary/aromatic N) is 2. The third kappa shape index (κ3) is 2.87. The maximum Gasteiger partial charge on any atom is 0.263 e. The zero-order valence-corrected chi connectivity index (χ0v) is 14.6. The molecule has 0 saturated carbocycles. The van der Waals surface area contributed by atoms with Gasteiger partial charge in [-0.2, -0.15) is 0 Å². The van der Waals surface area contributed by atoms with Crippen molar-refractivity contribution in [3.63, 3.8) is 0 Å². The third-order valence-electron chi connectivity index (χ3n) is 3.99. The minimum Gasteiger partial charge on any atom is -0.377 e. The average molecular weight is 336 g/mol. The van der Waals surface area contributed by atoms with Gasteiger partial charge in [-0.25, -0.2) is 4.98 Å². The van der Waals surface area contributed by atoms with Gasteiger partial charge in [0.25, 0.3) is 5.56 Å². The lowest BCUT2D eigenvalue weighted by Crippen LogP contribution is -2.23. The van der Waals surface area contributed by atoms with E-state index in [0.29, 0.717) is 6.54 Å². The normalized spacial score (nSPS) is 18.2. The van der Waals surface area contributed by atoms with Gasteiger partial charge in [0.05, 0.1) is 11.5 Å². The Hall–Kier alpha value is -1.11. The fourth-order valence-corrected chi connectivity index (χ4v) is 4.80. The van der Waals surface area contributed by atoms with Crippen LogP contribution in [-0.4, -0.2) is 28.0 Å².